The molecule has 0 atom stereocenters. The summed E-state index contributed by atoms with van der Waals surface area (Å²) < 4.78 is 79.5. The fourth-order valence-corrected chi connectivity index (χ4v) is 2.78. The Balaban J connectivity index is 1.68. The van der Waals surface area contributed by atoms with Gasteiger partial charge in [-0.3, -0.25) is 5.32 Å². The van der Waals surface area contributed by atoms with Gasteiger partial charge < -0.3 is 19.7 Å². The van der Waals surface area contributed by atoms with Crippen molar-refractivity contribution in [1.29, 1.82) is 0 Å². The van der Waals surface area contributed by atoms with Crippen LogP contribution < -0.4 is 15.4 Å². The monoisotopic (exact) mass is 488 g/mol. The zero-order valence-corrected chi connectivity index (χ0v) is 16.7. The molecular weight excluding hydrogens is 474 g/mol. The molecule has 3 N–H and O–H groups in total. The topological polar surface area (TPSA) is 105 Å². The van der Waals surface area contributed by atoms with E-state index < -0.39 is 41.7 Å². The van der Waals surface area contributed by atoms with Gasteiger partial charge in [-0.25, -0.2) is 14.6 Å². The van der Waals surface area contributed by atoms with Crippen LogP contribution in [0.4, 0.5) is 42.6 Å². The molecule has 0 bridgehead atoms. The Morgan fingerprint density at radius 3 is 2.09 bits per heavy atom. The second-order valence-corrected chi connectivity index (χ2v) is 6.73. The van der Waals surface area contributed by atoms with Crippen molar-refractivity contribution in [2.75, 3.05) is 10.6 Å². The number of amides is 2. The lowest BCUT2D eigenvalue weighted by Gasteiger charge is -2.10. The van der Waals surface area contributed by atoms with Gasteiger partial charge in [0.15, 0.2) is 5.82 Å². The first-order valence-electron chi connectivity index (χ1n) is 9.20. The number of nitrogens with one attached hydrogen (secondary N) is 2. The average Bonchev–Trinajstić information content (AvgIpc) is 3.10. The molecule has 0 fully saturated rings. The second kappa shape index (κ2) is 9.33. The fourth-order valence-electron chi connectivity index (χ4n) is 2.78. The van der Waals surface area contributed by atoms with Crippen molar-refractivity contribution < 1.29 is 45.8 Å². The zero-order valence-electron chi connectivity index (χ0n) is 16.7. The predicted molar refractivity (Wildman–Crippen MR) is 105 cm³/mol. The Morgan fingerprint density at radius 1 is 0.941 bits per heavy atom. The molecule has 3 rings (SSSR count). The van der Waals surface area contributed by atoms with Crippen molar-refractivity contribution in [3.63, 3.8) is 0 Å². The standard InChI is InChI=1S/C20H14F6N4O4/c21-19(22,23)12-3-1-11(2-4-12)9-30-10-15(28-16(30)17(31)32)29-18(33)27-13-5-7-14(8-6-13)34-20(24,25)26/h1-8,10H,9H2,(H,31,32)(H2,27,29,33). The maximum atomic E-state index is 12.7. The molecule has 0 aliphatic heterocycles. The zero-order chi connectivity index (χ0) is 25.1. The molecule has 1 aromatic heterocycles. The summed E-state index contributed by atoms with van der Waals surface area (Å²) in [6.45, 7) is -0.142. The number of imidazole rings is 1. The third-order valence-corrected chi connectivity index (χ3v) is 4.19. The minimum Gasteiger partial charge on any atom is -0.475 e. The van der Waals surface area contributed by atoms with E-state index in [0.29, 0.717) is 5.56 Å². The van der Waals surface area contributed by atoms with E-state index in [1.807, 2.05) is 0 Å². The van der Waals surface area contributed by atoms with Crippen LogP contribution in [-0.4, -0.2) is 33.0 Å². The number of urea groups is 1. The van der Waals surface area contributed by atoms with Gasteiger partial charge in [0.25, 0.3) is 0 Å². The van der Waals surface area contributed by atoms with Crippen molar-refractivity contribution in [2.24, 2.45) is 0 Å². The van der Waals surface area contributed by atoms with Gasteiger partial charge >= 0.3 is 24.5 Å². The Bertz CT molecular complexity index is 1170. The van der Waals surface area contributed by atoms with Crippen LogP contribution in [0.25, 0.3) is 0 Å². The number of alkyl halides is 6. The van der Waals surface area contributed by atoms with Gasteiger partial charge in [-0.2, -0.15) is 13.2 Å². The molecule has 34 heavy (non-hydrogen) atoms. The van der Waals surface area contributed by atoms with Gasteiger partial charge in [-0.05, 0) is 42.0 Å². The van der Waals surface area contributed by atoms with Gasteiger partial charge in [0.05, 0.1) is 5.56 Å². The highest BCUT2D eigenvalue weighted by Gasteiger charge is 2.31. The number of aromatic carboxylic acids is 1. The molecule has 0 saturated heterocycles. The summed E-state index contributed by atoms with van der Waals surface area (Å²) in [5, 5.41) is 13.9. The molecule has 0 aliphatic rings. The van der Waals surface area contributed by atoms with Crippen LogP contribution in [-0.2, 0) is 12.7 Å². The molecule has 2 aromatic carbocycles. The number of benzene rings is 2. The van der Waals surface area contributed by atoms with E-state index in [9.17, 15) is 41.0 Å². The van der Waals surface area contributed by atoms with Crippen LogP contribution in [0.3, 0.4) is 0 Å². The number of rotatable bonds is 6. The molecule has 0 radical (unpaired) electrons. The van der Waals surface area contributed by atoms with E-state index in [-0.39, 0.29) is 18.1 Å². The van der Waals surface area contributed by atoms with Gasteiger partial charge in [0, 0.05) is 18.4 Å². The highest BCUT2D eigenvalue weighted by atomic mass is 19.4. The van der Waals surface area contributed by atoms with E-state index in [1.54, 1.807) is 0 Å². The summed E-state index contributed by atoms with van der Waals surface area (Å²) in [5.41, 5.74) is -0.405. The molecule has 0 spiro atoms. The Morgan fingerprint density at radius 2 is 1.56 bits per heavy atom. The lowest BCUT2D eigenvalue weighted by Crippen LogP contribution is -2.20. The number of carbonyl (C=O) groups excluding carboxylic acids is 1. The van der Waals surface area contributed by atoms with Gasteiger partial charge in [0.1, 0.15) is 5.75 Å². The number of nitrogens with zero attached hydrogens (tertiary/aromatic N) is 2. The van der Waals surface area contributed by atoms with Crippen LogP contribution in [0.15, 0.2) is 54.7 Å². The lowest BCUT2D eigenvalue weighted by molar-refractivity contribution is -0.274. The fraction of sp³-hybridized carbons (Fsp3) is 0.150. The van der Waals surface area contributed by atoms with E-state index in [2.05, 4.69) is 20.4 Å². The van der Waals surface area contributed by atoms with Crippen LogP contribution in [0.1, 0.15) is 21.7 Å². The molecule has 0 aliphatic carbocycles. The first-order chi connectivity index (χ1) is 15.8. The number of carboxylic acids is 1. The van der Waals surface area contributed by atoms with Crippen LogP contribution in [0.5, 0.6) is 5.75 Å². The first kappa shape index (κ1) is 24.4. The van der Waals surface area contributed by atoms with Crippen molar-refractivity contribution in [3.8, 4) is 5.75 Å². The molecule has 2 amide bonds. The Labute approximate surface area is 186 Å². The van der Waals surface area contributed by atoms with Crippen molar-refractivity contribution in [3.05, 3.63) is 71.7 Å². The van der Waals surface area contributed by atoms with Crippen LogP contribution >= 0.6 is 0 Å². The van der Waals surface area contributed by atoms with Gasteiger partial charge in [-0.1, -0.05) is 12.1 Å². The lowest BCUT2D eigenvalue weighted by atomic mass is 10.1. The first-order valence-corrected chi connectivity index (χ1v) is 9.20. The van der Waals surface area contributed by atoms with Crippen LogP contribution in [0, 0.1) is 0 Å². The average molecular weight is 488 g/mol. The summed E-state index contributed by atoms with van der Waals surface area (Å²) in [6, 6.07) is 7.43. The summed E-state index contributed by atoms with van der Waals surface area (Å²) in [5.74, 6) is -2.60. The van der Waals surface area contributed by atoms with Gasteiger partial charge in [0.2, 0.25) is 5.82 Å². The number of hydrogen-bond donors (Lipinski definition) is 3. The summed E-state index contributed by atoms with van der Waals surface area (Å²) in [4.78, 5) is 27.4. The smallest absolute Gasteiger partial charge is 0.475 e. The number of ether oxygens (including phenoxy) is 1. The molecule has 14 heteroatoms. The maximum absolute atomic E-state index is 12.7. The third kappa shape index (κ3) is 6.63. The number of aromatic nitrogens is 2. The Kier molecular flexibility index (Phi) is 6.70. The maximum Gasteiger partial charge on any atom is 0.573 e. The van der Waals surface area contributed by atoms with Crippen molar-refractivity contribution in [1.82, 2.24) is 9.55 Å². The van der Waals surface area contributed by atoms with E-state index in [4.69, 9.17) is 0 Å². The van der Waals surface area contributed by atoms with Crippen molar-refractivity contribution >= 4 is 23.5 Å². The number of anilines is 2. The van der Waals surface area contributed by atoms with Crippen molar-refractivity contribution in [2.45, 2.75) is 19.1 Å². The highest BCUT2D eigenvalue weighted by molar-refractivity contribution is 5.99. The highest BCUT2D eigenvalue weighted by Crippen LogP contribution is 2.29. The minimum atomic E-state index is -4.87. The summed E-state index contributed by atoms with van der Waals surface area (Å²) in [7, 11) is 0. The molecular formula is C20H14F6N4O4. The number of carbonyl (C=O) groups is 2. The SMILES string of the molecule is O=C(Nc1ccc(OC(F)(F)F)cc1)Nc1cn(Cc2ccc(C(F)(F)F)cc2)c(C(=O)O)n1. The quantitative estimate of drug-likeness (QED) is 0.414. The largest absolute Gasteiger partial charge is 0.573 e. The van der Waals surface area contributed by atoms with Gasteiger partial charge in [-0.15, -0.1) is 13.2 Å². The minimum absolute atomic E-state index is 0.106. The molecule has 8 nitrogen and oxygen atoms in total. The summed E-state index contributed by atoms with van der Waals surface area (Å²) >= 11 is 0. The molecule has 180 valence electrons. The molecule has 3 aromatic rings. The van der Waals surface area contributed by atoms with Crippen LogP contribution in [0.2, 0.25) is 0 Å². The summed E-state index contributed by atoms with van der Waals surface area (Å²) in [6.07, 6.45) is -8.22. The predicted octanol–water partition coefficient (Wildman–Crippen LogP) is 5.19. The van der Waals surface area contributed by atoms with E-state index in [0.717, 1.165) is 41.0 Å². The number of hydrogen-bond acceptors (Lipinski definition) is 4. The number of carboxylic acid groups (broad SMARTS) is 1. The molecule has 0 saturated carbocycles. The second-order valence-electron chi connectivity index (χ2n) is 6.73. The number of halogens is 6. The Hall–Kier alpha value is -4.23. The molecule has 0 unspecified atom stereocenters. The van der Waals surface area contributed by atoms with E-state index >= 15 is 0 Å². The van der Waals surface area contributed by atoms with E-state index in [1.165, 1.54) is 18.3 Å². The normalized spacial score (nSPS) is 11.7. The third-order valence-electron chi connectivity index (χ3n) is 4.19. The molecule has 1 heterocycles.